The van der Waals surface area contributed by atoms with Gasteiger partial charge in [-0.2, -0.15) is 0 Å². The van der Waals surface area contributed by atoms with Gasteiger partial charge in [0.25, 0.3) is 10.0 Å². The van der Waals surface area contributed by atoms with Gasteiger partial charge in [0.15, 0.2) is 5.13 Å². The molecular weight excluding hydrogens is 382 g/mol. The average Bonchev–Trinajstić information content (AvgIpc) is 3.14. The third-order valence-corrected chi connectivity index (χ3v) is 5.86. The number of amides is 1. The van der Waals surface area contributed by atoms with Crippen LogP contribution in [-0.2, 0) is 14.8 Å². The molecule has 0 radical (unpaired) electrons. The molecule has 0 aliphatic carbocycles. The van der Waals surface area contributed by atoms with Crippen molar-refractivity contribution >= 4 is 44.2 Å². The van der Waals surface area contributed by atoms with Crippen molar-refractivity contribution in [1.29, 1.82) is 0 Å². The van der Waals surface area contributed by atoms with E-state index in [9.17, 15) is 13.2 Å². The van der Waals surface area contributed by atoms with E-state index in [1.54, 1.807) is 11.5 Å². The van der Waals surface area contributed by atoms with Gasteiger partial charge < -0.3 is 5.32 Å². The van der Waals surface area contributed by atoms with Crippen LogP contribution in [0.5, 0.6) is 0 Å². The first-order chi connectivity index (χ1) is 12.9. The number of sulfonamides is 1. The molecule has 0 aliphatic heterocycles. The van der Waals surface area contributed by atoms with E-state index >= 15 is 0 Å². The van der Waals surface area contributed by atoms with Gasteiger partial charge in [-0.05, 0) is 48.4 Å². The highest BCUT2D eigenvalue weighted by Crippen LogP contribution is 2.19. The quantitative estimate of drug-likeness (QED) is 0.615. The Morgan fingerprint density at radius 3 is 2.52 bits per heavy atom. The number of hydrogen-bond acceptors (Lipinski definition) is 5. The van der Waals surface area contributed by atoms with Crippen molar-refractivity contribution in [3.63, 3.8) is 0 Å². The normalized spacial score (nSPS) is 11.4. The van der Waals surface area contributed by atoms with Crippen molar-refractivity contribution in [2.45, 2.75) is 11.8 Å². The van der Waals surface area contributed by atoms with Crippen LogP contribution < -0.4 is 10.0 Å². The van der Waals surface area contributed by atoms with Gasteiger partial charge in [-0.25, -0.2) is 13.4 Å². The molecular formula is C19H17N3O3S2. The summed E-state index contributed by atoms with van der Waals surface area (Å²) in [6.45, 7) is 1.97. The van der Waals surface area contributed by atoms with E-state index in [4.69, 9.17) is 0 Å². The van der Waals surface area contributed by atoms with E-state index < -0.39 is 10.0 Å². The van der Waals surface area contributed by atoms with Crippen LogP contribution in [0.25, 0.3) is 6.08 Å². The van der Waals surface area contributed by atoms with E-state index in [1.165, 1.54) is 47.9 Å². The minimum atomic E-state index is -3.71. The number of rotatable bonds is 6. The molecule has 2 aromatic carbocycles. The number of benzene rings is 2. The van der Waals surface area contributed by atoms with Gasteiger partial charge in [-0.15, -0.1) is 11.3 Å². The van der Waals surface area contributed by atoms with Crippen molar-refractivity contribution in [1.82, 2.24) is 4.98 Å². The molecule has 3 rings (SSSR count). The maximum absolute atomic E-state index is 12.3. The Labute approximate surface area is 161 Å². The van der Waals surface area contributed by atoms with Crippen molar-refractivity contribution < 1.29 is 13.2 Å². The highest BCUT2D eigenvalue weighted by molar-refractivity contribution is 7.93. The minimum absolute atomic E-state index is 0.0890. The number of thiazole rings is 1. The Morgan fingerprint density at radius 1 is 1.11 bits per heavy atom. The van der Waals surface area contributed by atoms with Crippen LogP contribution in [-0.4, -0.2) is 19.3 Å². The summed E-state index contributed by atoms with van der Waals surface area (Å²) in [6.07, 6.45) is 4.70. The molecule has 0 fully saturated rings. The van der Waals surface area contributed by atoms with Crippen LogP contribution >= 0.6 is 11.3 Å². The van der Waals surface area contributed by atoms with Crippen LogP contribution in [0.2, 0.25) is 0 Å². The minimum Gasteiger partial charge on any atom is -0.323 e. The predicted molar refractivity (Wildman–Crippen MR) is 108 cm³/mol. The summed E-state index contributed by atoms with van der Waals surface area (Å²) in [4.78, 5) is 16.0. The Hall–Kier alpha value is -2.97. The lowest BCUT2D eigenvalue weighted by molar-refractivity contribution is -0.111. The fraction of sp³-hybridized carbons (Fsp3) is 0.0526. The molecule has 3 aromatic rings. The van der Waals surface area contributed by atoms with Crippen LogP contribution in [0.15, 0.2) is 71.1 Å². The number of carbonyl (C=O) groups is 1. The topological polar surface area (TPSA) is 88.2 Å². The van der Waals surface area contributed by atoms with Gasteiger partial charge in [0.05, 0.1) is 4.90 Å². The zero-order valence-electron chi connectivity index (χ0n) is 14.4. The Balaban J connectivity index is 1.65. The fourth-order valence-corrected chi connectivity index (χ4v) is 4.08. The summed E-state index contributed by atoms with van der Waals surface area (Å²) >= 11 is 1.19. The molecule has 138 valence electrons. The first kappa shape index (κ1) is 18.8. The van der Waals surface area contributed by atoms with Gasteiger partial charge in [-0.1, -0.05) is 24.3 Å². The molecule has 6 nitrogen and oxygen atoms in total. The summed E-state index contributed by atoms with van der Waals surface area (Å²) in [7, 11) is -3.71. The molecule has 27 heavy (non-hydrogen) atoms. The molecule has 0 saturated carbocycles. The van der Waals surface area contributed by atoms with E-state index in [2.05, 4.69) is 15.0 Å². The van der Waals surface area contributed by atoms with Crippen LogP contribution in [0.3, 0.4) is 0 Å². The third-order valence-electron chi connectivity index (χ3n) is 3.69. The monoisotopic (exact) mass is 399 g/mol. The van der Waals surface area contributed by atoms with E-state index in [0.29, 0.717) is 10.8 Å². The molecule has 0 saturated heterocycles. The standard InChI is InChI=1S/C19H17N3O3S2/c1-14-4-2-3-5-15(14)6-11-18(23)21-16-7-9-17(10-8-16)27(24,25)22-19-20-12-13-26-19/h2-13H,1H3,(H,20,22)(H,21,23)/b11-6+. The van der Waals surface area contributed by atoms with Crippen molar-refractivity contribution in [3.8, 4) is 0 Å². The summed E-state index contributed by atoms with van der Waals surface area (Å²) in [5.41, 5.74) is 2.54. The lowest BCUT2D eigenvalue weighted by Gasteiger charge is -2.07. The molecule has 1 aromatic heterocycles. The summed E-state index contributed by atoms with van der Waals surface area (Å²) in [5.74, 6) is -0.297. The third kappa shape index (κ3) is 5.02. The fourth-order valence-electron chi connectivity index (χ4n) is 2.29. The highest BCUT2D eigenvalue weighted by Gasteiger charge is 2.15. The average molecular weight is 399 g/mol. The molecule has 1 heterocycles. The zero-order valence-corrected chi connectivity index (χ0v) is 16.0. The zero-order chi connectivity index (χ0) is 19.3. The van der Waals surface area contributed by atoms with Crippen LogP contribution in [0.4, 0.5) is 10.8 Å². The second-order valence-electron chi connectivity index (χ2n) is 5.65. The molecule has 0 spiro atoms. The second kappa shape index (κ2) is 8.15. The summed E-state index contributed by atoms with van der Waals surface area (Å²) in [6, 6.07) is 13.7. The first-order valence-corrected chi connectivity index (χ1v) is 10.4. The molecule has 0 unspecified atom stereocenters. The van der Waals surface area contributed by atoms with Gasteiger partial charge in [0.2, 0.25) is 5.91 Å². The van der Waals surface area contributed by atoms with Crippen molar-refractivity contribution in [2.24, 2.45) is 0 Å². The Bertz CT molecular complexity index is 1060. The first-order valence-electron chi connectivity index (χ1n) is 8.01. The number of aryl methyl sites for hydroxylation is 1. The lowest BCUT2D eigenvalue weighted by Crippen LogP contribution is -2.13. The van der Waals surface area contributed by atoms with Gasteiger partial charge >= 0.3 is 0 Å². The number of nitrogens with zero attached hydrogens (tertiary/aromatic N) is 1. The second-order valence-corrected chi connectivity index (χ2v) is 8.22. The summed E-state index contributed by atoms with van der Waals surface area (Å²) < 4.78 is 27.0. The molecule has 0 atom stereocenters. The van der Waals surface area contributed by atoms with Crippen LogP contribution in [0, 0.1) is 6.92 Å². The van der Waals surface area contributed by atoms with E-state index in [-0.39, 0.29) is 10.8 Å². The van der Waals surface area contributed by atoms with Crippen molar-refractivity contribution in [3.05, 3.63) is 77.3 Å². The number of hydrogen-bond donors (Lipinski definition) is 2. The summed E-state index contributed by atoms with van der Waals surface area (Å²) in [5, 5.41) is 4.69. The Morgan fingerprint density at radius 2 is 1.85 bits per heavy atom. The number of nitrogens with one attached hydrogen (secondary N) is 2. The number of anilines is 2. The van der Waals surface area contributed by atoms with Crippen molar-refractivity contribution in [2.75, 3.05) is 10.0 Å². The van der Waals surface area contributed by atoms with E-state index in [0.717, 1.165) is 11.1 Å². The largest absolute Gasteiger partial charge is 0.323 e. The SMILES string of the molecule is Cc1ccccc1/C=C/C(=O)Nc1ccc(S(=O)(=O)Nc2nccs2)cc1. The molecule has 1 amide bonds. The molecule has 0 bridgehead atoms. The maximum atomic E-state index is 12.3. The molecule has 0 aliphatic rings. The maximum Gasteiger partial charge on any atom is 0.263 e. The number of aromatic nitrogens is 1. The van der Waals surface area contributed by atoms with Gasteiger partial charge in [0.1, 0.15) is 0 Å². The van der Waals surface area contributed by atoms with Gasteiger partial charge in [0, 0.05) is 23.3 Å². The molecule has 2 N–H and O–H groups in total. The Kier molecular flexibility index (Phi) is 5.68. The predicted octanol–water partition coefficient (Wildman–Crippen LogP) is 3.90. The smallest absolute Gasteiger partial charge is 0.263 e. The van der Waals surface area contributed by atoms with E-state index in [1.807, 2.05) is 31.2 Å². The number of carbonyl (C=O) groups excluding carboxylic acids is 1. The van der Waals surface area contributed by atoms with Crippen LogP contribution in [0.1, 0.15) is 11.1 Å². The lowest BCUT2D eigenvalue weighted by atomic mass is 10.1. The molecule has 8 heteroatoms. The highest BCUT2D eigenvalue weighted by atomic mass is 32.2. The van der Waals surface area contributed by atoms with Gasteiger partial charge in [-0.3, -0.25) is 9.52 Å².